The summed E-state index contributed by atoms with van der Waals surface area (Å²) in [7, 11) is 2.11. The van der Waals surface area contributed by atoms with Gasteiger partial charge in [-0.25, -0.2) is 0 Å². The molecule has 0 atom stereocenters. The van der Waals surface area contributed by atoms with E-state index in [4.69, 9.17) is 10.9 Å². The normalized spacial score (nSPS) is 16.6. The summed E-state index contributed by atoms with van der Waals surface area (Å²) in [5.74, 6) is 1.00. The molecule has 1 aromatic rings. The molecule has 1 aliphatic carbocycles. The van der Waals surface area contributed by atoms with Crippen molar-refractivity contribution in [1.29, 1.82) is 0 Å². The third-order valence-corrected chi connectivity index (χ3v) is 3.47. The second-order valence-electron chi connectivity index (χ2n) is 4.71. The van der Waals surface area contributed by atoms with Gasteiger partial charge in [0, 0.05) is 24.8 Å². The van der Waals surface area contributed by atoms with Crippen LogP contribution >= 0.6 is 0 Å². The zero-order chi connectivity index (χ0) is 12.3. The predicted octanol–water partition coefficient (Wildman–Crippen LogP) is 2.02. The number of anilines is 1. The van der Waals surface area contributed by atoms with E-state index in [-0.39, 0.29) is 5.84 Å². The maximum absolute atomic E-state index is 8.58. The van der Waals surface area contributed by atoms with E-state index in [1.807, 2.05) is 24.3 Å². The first-order valence-electron chi connectivity index (χ1n) is 6.00. The Morgan fingerprint density at radius 2 is 2.06 bits per heavy atom. The van der Waals surface area contributed by atoms with E-state index in [1.54, 1.807) is 0 Å². The summed E-state index contributed by atoms with van der Waals surface area (Å²) in [5, 5.41) is 11.6. The Balaban J connectivity index is 2.01. The molecule has 0 unspecified atom stereocenters. The van der Waals surface area contributed by atoms with Crippen LogP contribution < -0.4 is 10.6 Å². The minimum Gasteiger partial charge on any atom is -0.409 e. The highest BCUT2D eigenvalue weighted by atomic mass is 16.4. The van der Waals surface area contributed by atoms with Gasteiger partial charge in [-0.3, -0.25) is 0 Å². The molecular formula is C13H19N3O. The van der Waals surface area contributed by atoms with Crippen LogP contribution in [0.5, 0.6) is 0 Å². The molecule has 0 bridgehead atoms. The highest BCUT2D eigenvalue weighted by Crippen LogP contribution is 2.28. The summed E-state index contributed by atoms with van der Waals surface area (Å²) < 4.78 is 0. The van der Waals surface area contributed by atoms with Crippen molar-refractivity contribution >= 4 is 11.5 Å². The van der Waals surface area contributed by atoms with Crippen LogP contribution in [-0.4, -0.2) is 24.6 Å². The first kappa shape index (κ1) is 11.8. The van der Waals surface area contributed by atoms with Crippen molar-refractivity contribution in [2.45, 2.75) is 19.3 Å². The number of rotatable bonds is 4. The van der Waals surface area contributed by atoms with Gasteiger partial charge in [0.25, 0.3) is 0 Å². The third kappa shape index (κ3) is 2.70. The van der Waals surface area contributed by atoms with Gasteiger partial charge < -0.3 is 15.8 Å². The van der Waals surface area contributed by atoms with Gasteiger partial charge in [-0.05, 0) is 43.0 Å². The Bertz CT molecular complexity index is 396. The van der Waals surface area contributed by atoms with Crippen LogP contribution in [0, 0.1) is 5.92 Å². The molecule has 1 saturated carbocycles. The average Bonchev–Trinajstić information content (AvgIpc) is 2.32. The van der Waals surface area contributed by atoms with E-state index in [0.717, 1.165) is 18.0 Å². The lowest BCUT2D eigenvalue weighted by molar-refractivity contribution is 0.318. The van der Waals surface area contributed by atoms with Crippen LogP contribution in [0.25, 0.3) is 0 Å². The van der Waals surface area contributed by atoms with Crippen molar-refractivity contribution in [1.82, 2.24) is 0 Å². The van der Waals surface area contributed by atoms with Gasteiger partial charge >= 0.3 is 0 Å². The Labute approximate surface area is 102 Å². The Hall–Kier alpha value is -1.71. The van der Waals surface area contributed by atoms with Crippen molar-refractivity contribution < 1.29 is 5.21 Å². The van der Waals surface area contributed by atoms with Crippen LogP contribution in [0.15, 0.2) is 29.4 Å². The van der Waals surface area contributed by atoms with Gasteiger partial charge in [0.05, 0.1) is 0 Å². The third-order valence-electron chi connectivity index (χ3n) is 3.47. The number of hydrogen-bond donors (Lipinski definition) is 2. The molecule has 0 heterocycles. The van der Waals surface area contributed by atoms with E-state index >= 15 is 0 Å². The van der Waals surface area contributed by atoms with E-state index in [2.05, 4.69) is 17.1 Å². The maximum Gasteiger partial charge on any atom is 0.170 e. The lowest BCUT2D eigenvalue weighted by Crippen LogP contribution is -2.29. The van der Waals surface area contributed by atoms with Gasteiger partial charge in [-0.2, -0.15) is 0 Å². The van der Waals surface area contributed by atoms with Crippen LogP contribution in [0.3, 0.4) is 0 Å². The highest BCUT2D eigenvalue weighted by molar-refractivity contribution is 5.97. The van der Waals surface area contributed by atoms with E-state index in [9.17, 15) is 0 Å². The molecule has 3 N–H and O–H groups in total. The van der Waals surface area contributed by atoms with E-state index in [1.165, 1.54) is 24.9 Å². The molecule has 1 aromatic carbocycles. The molecule has 1 fully saturated rings. The molecular weight excluding hydrogens is 214 g/mol. The highest BCUT2D eigenvalue weighted by Gasteiger charge is 2.19. The predicted molar refractivity (Wildman–Crippen MR) is 69.6 cm³/mol. The number of nitrogens with zero attached hydrogens (tertiary/aromatic N) is 2. The van der Waals surface area contributed by atoms with Gasteiger partial charge in [0.2, 0.25) is 0 Å². The van der Waals surface area contributed by atoms with Crippen molar-refractivity contribution in [2.75, 3.05) is 18.5 Å². The molecule has 0 saturated heterocycles. The van der Waals surface area contributed by atoms with E-state index in [0.29, 0.717) is 0 Å². The second kappa shape index (κ2) is 5.08. The molecule has 2 rings (SSSR count). The molecule has 0 amide bonds. The summed E-state index contributed by atoms with van der Waals surface area (Å²) in [5.41, 5.74) is 7.43. The molecule has 0 aromatic heterocycles. The lowest BCUT2D eigenvalue weighted by atomic mass is 9.85. The maximum atomic E-state index is 8.58. The van der Waals surface area contributed by atoms with Crippen LogP contribution in [-0.2, 0) is 0 Å². The van der Waals surface area contributed by atoms with Crippen molar-refractivity contribution in [3.05, 3.63) is 29.8 Å². The molecule has 0 radical (unpaired) electrons. The summed E-state index contributed by atoms with van der Waals surface area (Å²) in [4.78, 5) is 2.26. The molecule has 0 spiro atoms. The number of benzene rings is 1. The number of amidine groups is 1. The SMILES string of the molecule is CN(CC1CCC1)c1ccc(C(N)=NO)cc1. The summed E-state index contributed by atoms with van der Waals surface area (Å²) in [6.45, 7) is 1.11. The minimum absolute atomic E-state index is 0.151. The largest absolute Gasteiger partial charge is 0.409 e. The summed E-state index contributed by atoms with van der Waals surface area (Å²) in [6.07, 6.45) is 4.08. The van der Waals surface area contributed by atoms with Crippen molar-refractivity contribution in [3.63, 3.8) is 0 Å². The summed E-state index contributed by atoms with van der Waals surface area (Å²) in [6, 6.07) is 7.77. The first-order valence-corrected chi connectivity index (χ1v) is 6.00. The quantitative estimate of drug-likeness (QED) is 0.362. The lowest BCUT2D eigenvalue weighted by Gasteiger charge is -2.31. The molecule has 92 valence electrons. The van der Waals surface area contributed by atoms with Crippen LogP contribution in [0.1, 0.15) is 24.8 Å². The standard InChI is InChI=1S/C13H19N3O/c1-16(9-10-3-2-4-10)12-7-5-11(6-8-12)13(14)15-17/h5-8,10,17H,2-4,9H2,1H3,(H2,14,15). The monoisotopic (exact) mass is 233 g/mol. The fourth-order valence-electron chi connectivity index (χ4n) is 2.11. The molecule has 4 heteroatoms. The van der Waals surface area contributed by atoms with Crippen molar-refractivity contribution in [3.8, 4) is 0 Å². The summed E-state index contributed by atoms with van der Waals surface area (Å²) >= 11 is 0. The van der Waals surface area contributed by atoms with Gasteiger partial charge in [0.1, 0.15) is 0 Å². The smallest absolute Gasteiger partial charge is 0.170 e. The zero-order valence-corrected chi connectivity index (χ0v) is 10.1. The number of nitrogens with two attached hydrogens (primary N) is 1. The van der Waals surface area contributed by atoms with Gasteiger partial charge in [0.15, 0.2) is 5.84 Å². The van der Waals surface area contributed by atoms with Gasteiger partial charge in [-0.15, -0.1) is 0 Å². The molecule has 1 aliphatic rings. The van der Waals surface area contributed by atoms with Crippen LogP contribution in [0.2, 0.25) is 0 Å². The molecule has 4 nitrogen and oxygen atoms in total. The van der Waals surface area contributed by atoms with Gasteiger partial charge in [-0.1, -0.05) is 11.6 Å². The number of hydrogen-bond acceptors (Lipinski definition) is 3. The first-order chi connectivity index (χ1) is 8.20. The zero-order valence-electron chi connectivity index (χ0n) is 10.1. The number of oxime groups is 1. The Morgan fingerprint density at radius 3 is 2.53 bits per heavy atom. The topological polar surface area (TPSA) is 61.8 Å². The van der Waals surface area contributed by atoms with Crippen molar-refractivity contribution in [2.24, 2.45) is 16.8 Å². The average molecular weight is 233 g/mol. The minimum atomic E-state index is 0.151. The fourth-order valence-corrected chi connectivity index (χ4v) is 2.11. The second-order valence-corrected chi connectivity index (χ2v) is 4.71. The fraction of sp³-hybridized carbons (Fsp3) is 0.462. The molecule has 0 aliphatic heterocycles. The van der Waals surface area contributed by atoms with E-state index < -0.39 is 0 Å². The van der Waals surface area contributed by atoms with Crippen LogP contribution in [0.4, 0.5) is 5.69 Å². The Kier molecular flexibility index (Phi) is 3.52. The Morgan fingerprint density at radius 1 is 1.41 bits per heavy atom. The molecule has 17 heavy (non-hydrogen) atoms.